The van der Waals surface area contributed by atoms with E-state index in [-0.39, 0.29) is 17.3 Å². The molecule has 1 aromatic carbocycles. The highest BCUT2D eigenvalue weighted by Crippen LogP contribution is 2.43. The zero-order valence-electron chi connectivity index (χ0n) is 17.8. The molecular formula is C18H20N8O. The number of aromatic nitrogens is 4. The van der Waals surface area contributed by atoms with Crippen molar-refractivity contribution in [1.29, 1.82) is 0 Å². The van der Waals surface area contributed by atoms with Gasteiger partial charge in [0.25, 0.3) is 5.91 Å². The van der Waals surface area contributed by atoms with Crippen molar-refractivity contribution in [3.8, 4) is 11.3 Å². The molecule has 2 aromatic heterocycles. The summed E-state index contributed by atoms with van der Waals surface area (Å²) in [5.41, 5.74) is 10.2. The number of para-hydroxylation sites is 1. The standard InChI is InChI=1S/C18H20N8O/c1-20-17(27)12-7-21-18(19)23-16(12)22-13-6-4-5-11-14-10(9-26(3)24-14)8-25(2)15(11)13/h4-7,9H,8H2,1-3H3,(H,20,27)(H3,19,21,22,23)/i1D3. The van der Waals surface area contributed by atoms with Crippen LogP contribution in [0.2, 0.25) is 0 Å². The molecule has 0 saturated carbocycles. The highest BCUT2D eigenvalue weighted by molar-refractivity contribution is 6.00. The molecule has 1 aliphatic rings. The molecule has 0 unspecified atom stereocenters. The summed E-state index contributed by atoms with van der Waals surface area (Å²) in [5.74, 6) is -0.770. The predicted molar refractivity (Wildman–Crippen MR) is 104 cm³/mol. The monoisotopic (exact) mass is 367 g/mol. The quantitative estimate of drug-likeness (QED) is 0.643. The summed E-state index contributed by atoms with van der Waals surface area (Å²) >= 11 is 0. The lowest BCUT2D eigenvalue weighted by Gasteiger charge is -2.29. The van der Waals surface area contributed by atoms with Crippen molar-refractivity contribution in [2.45, 2.75) is 6.54 Å². The van der Waals surface area contributed by atoms with Gasteiger partial charge in [0, 0.05) is 55.2 Å². The third-order valence-corrected chi connectivity index (χ3v) is 4.40. The number of anilines is 4. The van der Waals surface area contributed by atoms with Crippen LogP contribution in [0.5, 0.6) is 0 Å². The number of carbonyl (C=O) groups is 1. The summed E-state index contributed by atoms with van der Waals surface area (Å²) < 4.78 is 23.6. The van der Waals surface area contributed by atoms with E-state index >= 15 is 0 Å². The van der Waals surface area contributed by atoms with Gasteiger partial charge >= 0.3 is 0 Å². The van der Waals surface area contributed by atoms with Crippen molar-refractivity contribution < 1.29 is 8.91 Å². The third-order valence-electron chi connectivity index (χ3n) is 4.40. The average Bonchev–Trinajstić information content (AvgIpc) is 3.00. The zero-order chi connectivity index (χ0) is 21.6. The second kappa shape index (κ2) is 6.27. The van der Waals surface area contributed by atoms with Crippen molar-refractivity contribution >= 4 is 29.0 Å². The topological polar surface area (TPSA) is 114 Å². The van der Waals surface area contributed by atoms with Crippen molar-refractivity contribution in [1.82, 2.24) is 25.1 Å². The minimum Gasteiger partial charge on any atom is -0.368 e. The van der Waals surface area contributed by atoms with Gasteiger partial charge in [-0.25, -0.2) is 4.98 Å². The minimum atomic E-state index is -2.64. The summed E-state index contributed by atoms with van der Waals surface area (Å²) in [6.45, 7) is -1.98. The molecule has 9 heteroatoms. The SMILES string of the molecule is [2H]C([2H])([2H])NC(=O)c1cnc(N)nc1Nc1cccc2c1N(C)Cc1cn(C)nc1-2. The molecule has 0 saturated heterocycles. The van der Waals surface area contributed by atoms with Crippen LogP contribution in [0.15, 0.2) is 30.6 Å². The molecule has 0 spiro atoms. The fourth-order valence-electron chi connectivity index (χ4n) is 3.31. The van der Waals surface area contributed by atoms with Crippen molar-refractivity contribution in [2.24, 2.45) is 7.05 Å². The van der Waals surface area contributed by atoms with Crippen LogP contribution >= 0.6 is 0 Å². The Morgan fingerprint density at radius 2 is 2.22 bits per heavy atom. The maximum absolute atomic E-state index is 12.4. The van der Waals surface area contributed by atoms with Crippen LogP contribution in [-0.2, 0) is 13.6 Å². The van der Waals surface area contributed by atoms with Crippen LogP contribution in [0.4, 0.5) is 23.1 Å². The molecule has 1 aliphatic heterocycles. The van der Waals surface area contributed by atoms with Crippen LogP contribution in [-0.4, -0.2) is 39.7 Å². The van der Waals surface area contributed by atoms with Gasteiger partial charge in [0.15, 0.2) is 0 Å². The predicted octanol–water partition coefficient (Wildman–Crippen LogP) is 1.51. The second-order valence-electron chi connectivity index (χ2n) is 6.30. The number of nitrogens with one attached hydrogen (secondary N) is 2. The molecule has 3 aromatic rings. The van der Waals surface area contributed by atoms with Gasteiger partial charge in [0.1, 0.15) is 11.4 Å². The summed E-state index contributed by atoms with van der Waals surface area (Å²) in [6, 6.07) is 5.68. The molecule has 4 rings (SSSR count). The number of carbonyl (C=O) groups excluding carboxylic acids is 1. The number of nitrogens with zero attached hydrogens (tertiary/aromatic N) is 5. The first kappa shape index (κ1) is 13.6. The van der Waals surface area contributed by atoms with Gasteiger partial charge in [0.05, 0.1) is 17.1 Å². The molecule has 0 atom stereocenters. The summed E-state index contributed by atoms with van der Waals surface area (Å²) in [4.78, 5) is 22.5. The van der Waals surface area contributed by atoms with Gasteiger partial charge in [-0.15, -0.1) is 0 Å². The molecule has 0 fully saturated rings. The Morgan fingerprint density at radius 3 is 3.04 bits per heavy atom. The first-order chi connectivity index (χ1) is 14.1. The number of amides is 1. The maximum atomic E-state index is 12.4. The van der Waals surface area contributed by atoms with E-state index in [2.05, 4.69) is 25.3 Å². The Bertz CT molecular complexity index is 1140. The first-order valence-electron chi connectivity index (χ1n) is 9.71. The molecule has 27 heavy (non-hydrogen) atoms. The van der Waals surface area contributed by atoms with Gasteiger partial charge in [-0.05, 0) is 6.07 Å². The number of hydrogen-bond donors (Lipinski definition) is 3. The molecule has 138 valence electrons. The van der Waals surface area contributed by atoms with Crippen LogP contribution in [0, 0.1) is 0 Å². The first-order valence-corrected chi connectivity index (χ1v) is 8.21. The van der Waals surface area contributed by atoms with E-state index in [9.17, 15) is 4.79 Å². The van der Waals surface area contributed by atoms with Gasteiger partial charge in [-0.3, -0.25) is 9.48 Å². The molecular weight excluding hydrogens is 344 g/mol. The van der Waals surface area contributed by atoms with Gasteiger partial charge < -0.3 is 21.3 Å². The minimum absolute atomic E-state index is 0.0325. The lowest BCUT2D eigenvalue weighted by atomic mass is 9.99. The number of aryl methyl sites for hydroxylation is 1. The van der Waals surface area contributed by atoms with Crippen molar-refractivity contribution in [3.63, 3.8) is 0 Å². The maximum Gasteiger partial charge on any atom is 0.256 e. The highest BCUT2D eigenvalue weighted by Gasteiger charge is 2.26. The Labute approximate surface area is 160 Å². The fraction of sp³-hybridized carbons (Fsp3) is 0.222. The van der Waals surface area contributed by atoms with Gasteiger partial charge in [-0.1, -0.05) is 12.1 Å². The number of nitrogen functional groups attached to an aromatic ring is 1. The van der Waals surface area contributed by atoms with Crippen LogP contribution in [0.25, 0.3) is 11.3 Å². The van der Waals surface area contributed by atoms with Gasteiger partial charge in [-0.2, -0.15) is 10.1 Å². The number of benzene rings is 1. The average molecular weight is 367 g/mol. The van der Waals surface area contributed by atoms with E-state index in [1.807, 2.05) is 43.8 Å². The lowest BCUT2D eigenvalue weighted by Crippen LogP contribution is -2.23. The molecule has 1 amide bonds. The third kappa shape index (κ3) is 2.82. The van der Waals surface area contributed by atoms with Crippen LogP contribution < -0.4 is 21.3 Å². The van der Waals surface area contributed by atoms with E-state index < -0.39 is 12.9 Å². The Morgan fingerprint density at radius 1 is 1.37 bits per heavy atom. The van der Waals surface area contributed by atoms with E-state index in [0.717, 1.165) is 22.5 Å². The van der Waals surface area contributed by atoms with Crippen LogP contribution in [0.3, 0.4) is 0 Å². The number of fused-ring (bicyclic) bond motifs is 3. The molecule has 9 nitrogen and oxygen atoms in total. The Balaban J connectivity index is 1.77. The summed E-state index contributed by atoms with van der Waals surface area (Å²) in [7, 11) is 3.83. The number of hydrogen-bond acceptors (Lipinski definition) is 7. The number of nitrogens with two attached hydrogens (primary N) is 1. The molecule has 3 heterocycles. The summed E-state index contributed by atoms with van der Waals surface area (Å²) in [5, 5.41) is 9.63. The Hall–Kier alpha value is -3.62. The summed E-state index contributed by atoms with van der Waals surface area (Å²) in [6.07, 6.45) is 3.18. The Kier molecular flexibility index (Phi) is 3.15. The van der Waals surface area contributed by atoms with E-state index in [4.69, 9.17) is 9.85 Å². The largest absolute Gasteiger partial charge is 0.368 e. The van der Waals surface area contributed by atoms with Crippen molar-refractivity contribution in [3.05, 3.63) is 41.7 Å². The molecule has 0 radical (unpaired) electrons. The molecule has 0 aliphatic carbocycles. The fourth-order valence-corrected chi connectivity index (χ4v) is 3.31. The smallest absolute Gasteiger partial charge is 0.256 e. The highest BCUT2D eigenvalue weighted by atomic mass is 16.1. The molecule has 0 bridgehead atoms. The normalized spacial score (nSPS) is 14.4. The molecule has 4 N–H and O–H groups in total. The van der Waals surface area contributed by atoms with E-state index in [1.54, 1.807) is 4.68 Å². The van der Waals surface area contributed by atoms with Gasteiger partial charge in [0.2, 0.25) is 5.95 Å². The second-order valence-corrected chi connectivity index (χ2v) is 6.30. The van der Waals surface area contributed by atoms with Crippen molar-refractivity contribution in [2.75, 3.05) is 30.0 Å². The lowest BCUT2D eigenvalue weighted by molar-refractivity contribution is 0.0963. The zero-order valence-corrected chi connectivity index (χ0v) is 14.8. The van der Waals surface area contributed by atoms with E-state index in [0.29, 0.717) is 12.2 Å². The van der Waals surface area contributed by atoms with Crippen LogP contribution in [0.1, 0.15) is 20.0 Å². The van der Waals surface area contributed by atoms with E-state index in [1.165, 1.54) is 6.20 Å². The number of rotatable bonds is 3.